The van der Waals surface area contributed by atoms with Crippen LogP contribution in [-0.4, -0.2) is 48.5 Å². The zero-order chi connectivity index (χ0) is 14.4. The lowest BCUT2D eigenvalue weighted by molar-refractivity contribution is 0.0768. The highest BCUT2D eigenvalue weighted by atomic mass is 32.2. The number of anilines is 1. The lowest BCUT2D eigenvalue weighted by Crippen LogP contribution is -2.33. The Bertz CT molecular complexity index is 421. The van der Waals surface area contributed by atoms with Gasteiger partial charge in [-0.15, -0.1) is 0 Å². The van der Waals surface area contributed by atoms with Gasteiger partial charge in [0.2, 0.25) is 0 Å². The second-order valence-corrected chi connectivity index (χ2v) is 6.20. The Hall–Kier alpha value is -1.16. The van der Waals surface area contributed by atoms with Gasteiger partial charge in [-0.05, 0) is 50.3 Å². The van der Waals surface area contributed by atoms with Gasteiger partial charge < -0.3 is 9.80 Å². The Morgan fingerprint density at radius 3 is 2.50 bits per heavy atom. The largest absolute Gasteiger partial charge is 0.372 e. The van der Waals surface area contributed by atoms with Crippen LogP contribution in [0.15, 0.2) is 24.3 Å². The van der Waals surface area contributed by atoms with Gasteiger partial charge in [0.25, 0.3) is 5.91 Å². The molecule has 0 atom stereocenters. The van der Waals surface area contributed by atoms with Crippen LogP contribution in [-0.2, 0) is 0 Å². The average Bonchev–Trinajstić information content (AvgIpc) is 2.77. The van der Waals surface area contributed by atoms with Gasteiger partial charge in [-0.3, -0.25) is 4.79 Å². The van der Waals surface area contributed by atoms with E-state index in [-0.39, 0.29) is 5.91 Å². The fraction of sp³-hybridized carbons (Fsp3) is 0.562. The van der Waals surface area contributed by atoms with Gasteiger partial charge in [-0.2, -0.15) is 11.8 Å². The predicted octanol–water partition coefficient (Wildman–Crippen LogP) is 3.11. The minimum Gasteiger partial charge on any atom is -0.372 e. The zero-order valence-corrected chi connectivity index (χ0v) is 13.3. The average molecular weight is 292 g/mol. The fourth-order valence-electron chi connectivity index (χ4n) is 2.54. The van der Waals surface area contributed by atoms with Crippen LogP contribution in [0, 0.1) is 0 Å². The highest BCUT2D eigenvalue weighted by Gasteiger charge is 2.17. The van der Waals surface area contributed by atoms with Crippen molar-refractivity contribution in [2.75, 3.05) is 42.6 Å². The molecule has 1 saturated heterocycles. The number of carbonyl (C=O) groups is 1. The molecule has 2 rings (SSSR count). The van der Waals surface area contributed by atoms with E-state index in [1.165, 1.54) is 11.4 Å². The van der Waals surface area contributed by atoms with Crippen LogP contribution in [0.5, 0.6) is 0 Å². The second kappa shape index (κ2) is 7.58. The van der Waals surface area contributed by atoms with Crippen LogP contribution in [0.4, 0.5) is 5.69 Å². The van der Waals surface area contributed by atoms with Crippen LogP contribution < -0.4 is 4.90 Å². The van der Waals surface area contributed by atoms with E-state index in [2.05, 4.69) is 30.9 Å². The molecule has 0 unspecified atom stereocenters. The van der Waals surface area contributed by atoms with Crippen LogP contribution >= 0.6 is 11.8 Å². The molecule has 1 fully saturated rings. The minimum atomic E-state index is 0.179. The molecule has 20 heavy (non-hydrogen) atoms. The summed E-state index contributed by atoms with van der Waals surface area (Å²) in [5, 5.41) is 0. The summed E-state index contributed by atoms with van der Waals surface area (Å²) in [6.07, 6.45) is 1.11. The first kappa shape index (κ1) is 15.2. The number of benzene rings is 1. The molecule has 0 N–H and O–H groups in total. The van der Waals surface area contributed by atoms with Crippen molar-refractivity contribution >= 4 is 23.4 Å². The maximum Gasteiger partial charge on any atom is 0.253 e. The Morgan fingerprint density at radius 1 is 1.15 bits per heavy atom. The van der Waals surface area contributed by atoms with Crippen molar-refractivity contribution in [1.29, 1.82) is 0 Å². The zero-order valence-electron chi connectivity index (χ0n) is 12.5. The van der Waals surface area contributed by atoms with Gasteiger partial charge in [0, 0.05) is 43.2 Å². The molecule has 1 aliphatic rings. The molecule has 110 valence electrons. The van der Waals surface area contributed by atoms with E-state index < -0.39 is 0 Å². The number of amides is 1. The molecule has 4 heteroatoms. The van der Waals surface area contributed by atoms with E-state index in [0.717, 1.165) is 43.9 Å². The van der Waals surface area contributed by atoms with Crippen molar-refractivity contribution < 1.29 is 4.79 Å². The van der Waals surface area contributed by atoms with Gasteiger partial charge in [-0.25, -0.2) is 0 Å². The van der Waals surface area contributed by atoms with E-state index in [9.17, 15) is 4.79 Å². The first-order valence-electron chi connectivity index (χ1n) is 7.48. The van der Waals surface area contributed by atoms with E-state index in [4.69, 9.17) is 0 Å². The molecular weight excluding hydrogens is 268 g/mol. The number of carbonyl (C=O) groups excluding carboxylic acids is 1. The van der Waals surface area contributed by atoms with Crippen LogP contribution in [0.2, 0.25) is 0 Å². The Morgan fingerprint density at radius 2 is 1.85 bits per heavy atom. The second-order valence-electron chi connectivity index (χ2n) is 4.98. The normalized spacial score (nSPS) is 15.8. The summed E-state index contributed by atoms with van der Waals surface area (Å²) >= 11 is 1.94. The number of hydrogen-bond donors (Lipinski definition) is 0. The number of nitrogens with zero attached hydrogens (tertiary/aromatic N) is 2. The topological polar surface area (TPSA) is 23.6 Å². The minimum absolute atomic E-state index is 0.179. The highest BCUT2D eigenvalue weighted by Crippen LogP contribution is 2.17. The van der Waals surface area contributed by atoms with Crippen LogP contribution in [0.3, 0.4) is 0 Å². The van der Waals surface area contributed by atoms with Gasteiger partial charge in [0.05, 0.1) is 0 Å². The third-order valence-corrected chi connectivity index (χ3v) is 4.80. The maximum absolute atomic E-state index is 12.5. The van der Waals surface area contributed by atoms with Gasteiger partial charge >= 0.3 is 0 Å². The Kier molecular flexibility index (Phi) is 5.77. The lowest BCUT2D eigenvalue weighted by Gasteiger charge is -2.22. The molecule has 0 spiro atoms. The van der Waals surface area contributed by atoms with Gasteiger partial charge in [0.15, 0.2) is 0 Å². The molecule has 0 radical (unpaired) electrons. The first-order valence-corrected chi connectivity index (χ1v) is 8.63. The van der Waals surface area contributed by atoms with Crippen LogP contribution in [0.1, 0.15) is 30.6 Å². The van der Waals surface area contributed by atoms with E-state index in [1.54, 1.807) is 0 Å². The third-order valence-electron chi connectivity index (χ3n) is 3.75. The van der Waals surface area contributed by atoms with Crippen molar-refractivity contribution in [3.05, 3.63) is 29.8 Å². The fourth-order valence-corrected chi connectivity index (χ4v) is 3.42. The standard InChI is InChI=1S/C16H24N2OS/c1-3-17(4-2)15-8-6-14(7-9-15)16(19)18-10-5-12-20-13-11-18/h6-9H,3-5,10-13H2,1-2H3. The number of thioether (sulfide) groups is 1. The molecule has 0 aromatic heterocycles. The maximum atomic E-state index is 12.5. The molecule has 0 aliphatic carbocycles. The summed E-state index contributed by atoms with van der Waals surface area (Å²) < 4.78 is 0. The molecule has 1 aromatic rings. The SMILES string of the molecule is CCN(CC)c1ccc(C(=O)N2CCCSCC2)cc1. The summed E-state index contributed by atoms with van der Waals surface area (Å²) in [7, 11) is 0. The van der Waals surface area contributed by atoms with Crippen molar-refractivity contribution in [1.82, 2.24) is 4.90 Å². The molecule has 3 nitrogen and oxygen atoms in total. The lowest BCUT2D eigenvalue weighted by atomic mass is 10.1. The van der Waals surface area contributed by atoms with Crippen molar-refractivity contribution in [3.63, 3.8) is 0 Å². The molecule has 1 aliphatic heterocycles. The molecular formula is C16H24N2OS. The van der Waals surface area contributed by atoms with Gasteiger partial charge in [-0.1, -0.05) is 0 Å². The molecule has 1 heterocycles. The Balaban J connectivity index is 2.06. The van der Waals surface area contributed by atoms with E-state index in [0.29, 0.717) is 0 Å². The smallest absolute Gasteiger partial charge is 0.253 e. The summed E-state index contributed by atoms with van der Waals surface area (Å²) in [6.45, 7) is 8.06. The van der Waals surface area contributed by atoms with Gasteiger partial charge in [0.1, 0.15) is 0 Å². The third kappa shape index (κ3) is 3.69. The quantitative estimate of drug-likeness (QED) is 0.852. The van der Waals surface area contributed by atoms with Crippen molar-refractivity contribution in [2.24, 2.45) is 0 Å². The summed E-state index contributed by atoms with van der Waals surface area (Å²) in [5.74, 6) is 2.41. The molecule has 0 bridgehead atoms. The molecule has 1 amide bonds. The summed E-state index contributed by atoms with van der Waals surface area (Å²) in [4.78, 5) is 16.8. The summed E-state index contributed by atoms with van der Waals surface area (Å²) in [5.41, 5.74) is 2.01. The molecule has 1 aromatic carbocycles. The van der Waals surface area contributed by atoms with Crippen LogP contribution in [0.25, 0.3) is 0 Å². The first-order chi connectivity index (χ1) is 9.76. The molecule has 0 saturated carbocycles. The monoisotopic (exact) mass is 292 g/mol. The van der Waals surface area contributed by atoms with Crippen molar-refractivity contribution in [2.45, 2.75) is 20.3 Å². The van der Waals surface area contributed by atoms with E-state index in [1.807, 2.05) is 28.8 Å². The summed E-state index contributed by atoms with van der Waals surface area (Å²) in [6, 6.07) is 8.06. The number of rotatable bonds is 4. The Labute approximate surface area is 126 Å². The highest BCUT2D eigenvalue weighted by molar-refractivity contribution is 7.99. The predicted molar refractivity (Wildman–Crippen MR) is 87.8 cm³/mol. The van der Waals surface area contributed by atoms with E-state index >= 15 is 0 Å². The van der Waals surface area contributed by atoms with Crippen molar-refractivity contribution in [3.8, 4) is 0 Å². The number of hydrogen-bond acceptors (Lipinski definition) is 3.